The van der Waals surface area contributed by atoms with Crippen LogP contribution in [-0.2, 0) is 9.47 Å². The zero-order chi connectivity index (χ0) is 8.69. The normalized spacial score (nSPS) is 12.5. The third kappa shape index (κ3) is 5.63. The van der Waals surface area contributed by atoms with E-state index >= 15 is 0 Å². The Labute approximate surface area is 65.3 Å². The molecule has 0 aliphatic heterocycles. The molecule has 5 heteroatoms. The molecule has 0 heterocycles. The first-order valence-corrected chi connectivity index (χ1v) is 3.19. The van der Waals surface area contributed by atoms with Gasteiger partial charge in [-0.1, -0.05) is 0 Å². The van der Waals surface area contributed by atoms with Gasteiger partial charge in [0.15, 0.2) is 0 Å². The van der Waals surface area contributed by atoms with Crippen LogP contribution in [0, 0.1) is 0 Å². The topological polar surface area (TPSA) is 67.8 Å². The Morgan fingerprint density at radius 3 is 2.64 bits per heavy atom. The van der Waals surface area contributed by atoms with Gasteiger partial charge in [0.2, 0.25) is 0 Å². The molecule has 1 amide bonds. The van der Waals surface area contributed by atoms with Crippen molar-refractivity contribution in [2.75, 3.05) is 27.4 Å². The lowest BCUT2D eigenvalue weighted by Gasteiger charge is -2.13. The number of methoxy groups -OCH3 is 2. The highest BCUT2D eigenvalue weighted by molar-refractivity contribution is 5.64. The van der Waals surface area contributed by atoms with Crippen LogP contribution in [0.15, 0.2) is 0 Å². The number of hydrogen-bond acceptors (Lipinski definition) is 3. The van der Waals surface area contributed by atoms with Gasteiger partial charge >= 0.3 is 6.09 Å². The Morgan fingerprint density at radius 2 is 2.27 bits per heavy atom. The summed E-state index contributed by atoms with van der Waals surface area (Å²) in [6.07, 6.45) is -1.26. The number of amides is 1. The van der Waals surface area contributed by atoms with Gasteiger partial charge in [-0.15, -0.1) is 0 Å². The van der Waals surface area contributed by atoms with Gasteiger partial charge in [0.1, 0.15) is 0 Å². The predicted octanol–water partition coefficient (Wildman–Crippen LogP) is -0.0846. The summed E-state index contributed by atoms with van der Waals surface area (Å²) >= 11 is 0. The molecular formula is C6H13NO4. The van der Waals surface area contributed by atoms with Crippen molar-refractivity contribution < 1.29 is 19.4 Å². The molecule has 0 fully saturated rings. The van der Waals surface area contributed by atoms with Crippen molar-refractivity contribution in [3.05, 3.63) is 0 Å². The van der Waals surface area contributed by atoms with E-state index in [1.165, 1.54) is 14.2 Å². The highest BCUT2D eigenvalue weighted by atomic mass is 16.5. The fraction of sp³-hybridized carbons (Fsp3) is 0.833. The molecule has 0 aromatic rings. The summed E-state index contributed by atoms with van der Waals surface area (Å²) in [4.78, 5) is 10.0. The quantitative estimate of drug-likeness (QED) is 0.594. The maximum absolute atomic E-state index is 10.0. The molecular weight excluding hydrogens is 150 g/mol. The Kier molecular flexibility index (Phi) is 5.50. The van der Waals surface area contributed by atoms with Crippen LogP contribution in [0.2, 0.25) is 0 Å². The molecule has 1 atom stereocenters. The van der Waals surface area contributed by atoms with Crippen LogP contribution in [0.1, 0.15) is 0 Å². The maximum Gasteiger partial charge on any atom is 0.404 e. The molecule has 0 saturated heterocycles. The number of nitrogens with one attached hydrogen (secondary N) is 1. The van der Waals surface area contributed by atoms with Gasteiger partial charge in [-0.3, -0.25) is 0 Å². The molecule has 0 spiro atoms. The van der Waals surface area contributed by atoms with Crippen molar-refractivity contribution in [1.29, 1.82) is 0 Å². The molecule has 11 heavy (non-hydrogen) atoms. The third-order valence-corrected chi connectivity index (χ3v) is 1.17. The average Bonchev–Trinajstić information content (AvgIpc) is 1.97. The molecule has 2 N–H and O–H groups in total. The van der Waals surface area contributed by atoms with E-state index in [1.54, 1.807) is 0 Å². The van der Waals surface area contributed by atoms with Crippen LogP contribution >= 0.6 is 0 Å². The highest BCUT2D eigenvalue weighted by Crippen LogP contribution is 1.87. The second-order valence-corrected chi connectivity index (χ2v) is 2.00. The van der Waals surface area contributed by atoms with Gasteiger partial charge in [0.25, 0.3) is 0 Å². The summed E-state index contributed by atoms with van der Waals surface area (Å²) in [6, 6.07) is 0. The molecule has 5 nitrogen and oxygen atoms in total. The van der Waals surface area contributed by atoms with Crippen molar-refractivity contribution >= 4 is 6.09 Å². The summed E-state index contributed by atoms with van der Waals surface area (Å²) in [5, 5.41) is 10.4. The second-order valence-electron chi connectivity index (χ2n) is 2.00. The van der Waals surface area contributed by atoms with Gasteiger partial charge in [-0.05, 0) is 0 Å². The van der Waals surface area contributed by atoms with Gasteiger partial charge in [0.05, 0.1) is 12.7 Å². The lowest BCUT2D eigenvalue weighted by molar-refractivity contribution is 0.0293. The number of carboxylic acid groups (broad SMARTS) is 1. The van der Waals surface area contributed by atoms with Crippen molar-refractivity contribution in [2.24, 2.45) is 0 Å². The Balaban J connectivity index is 3.43. The van der Waals surface area contributed by atoms with E-state index in [9.17, 15) is 4.79 Å². The summed E-state index contributed by atoms with van der Waals surface area (Å²) in [6.45, 7) is 0.635. The smallest absolute Gasteiger partial charge is 0.404 e. The van der Waals surface area contributed by atoms with Gasteiger partial charge in [0, 0.05) is 20.8 Å². The van der Waals surface area contributed by atoms with E-state index in [1.807, 2.05) is 0 Å². The zero-order valence-electron chi connectivity index (χ0n) is 6.66. The van der Waals surface area contributed by atoms with E-state index < -0.39 is 6.09 Å². The fourth-order valence-corrected chi connectivity index (χ4v) is 0.597. The van der Waals surface area contributed by atoms with E-state index in [2.05, 4.69) is 5.32 Å². The number of ether oxygens (including phenoxy) is 2. The monoisotopic (exact) mass is 163 g/mol. The van der Waals surface area contributed by atoms with Crippen molar-refractivity contribution in [3.8, 4) is 0 Å². The summed E-state index contributed by atoms with van der Waals surface area (Å²) in [7, 11) is 3.04. The minimum Gasteiger partial charge on any atom is -0.465 e. The Morgan fingerprint density at radius 1 is 1.64 bits per heavy atom. The van der Waals surface area contributed by atoms with Crippen LogP contribution in [0.4, 0.5) is 4.79 Å². The molecule has 0 bridgehead atoms. The molecule has 0 aromatic heterocycles. The predicted molar refractivity (Wildman–Crippen MR) is 38.7 cm³/mol. The fourth-order valence-electron chi connectivity index (χ4n) is 0.597. The number of carbonyl (C=O) groups is 1. The molecule has 0 rings (SSSR count). The minimum absolute atomic E-state index is 0.212. The van der Waals surface area contributed by atoms with Crippen LogP contribution in [0.25, 0.3) is 0 Å². The molecule has 0 radical (unpaired) electrons. The zero-order valence-corrected chi connectivity index (χ0v) is 6.66. The third-order valence-electron chi connectivity index (χ3n) is 1.17. The molecule has 66 valence electrons. The number of hydrogen-bond donors (Lipinski definition) is 2. The van der Waals surface area contributed by atoms with Gasteiger partial charge in [-0.25, -0.2) is 4.79 Å². The number of rotatable bonds is 5. The molecule has 0 aliphatic carbocycles. The Bertz CT molecular complexity index is 117. The maximum atomic E-state index is 10.0. The second kappa shape index (κ2) is 5.94. The minimum atomic E-state index is -1.05. The summed E-state index contributed by atoms with van der Waals surface area (Å²) < 4.78 is 9.66. The van der Waals surface area contributed by atoms with Crippen LogP contribution in [0.3, 0.4) is 0 Å². The van der Waals surface area contributed by atoms with E-state index in [4.69, 9.17) is 14.6 Å². The first-order chi connectivity index (χ1) is 5.20. The average molecular weight is 163 g/mol. The van der Waals surface area contributed by atoms with Gasteiger partial charge < -0.3 is 19.9 Å². The van der Waals surface area contributed by atoms with Crippen LogP contribution in [-0.4, -0.2) is 44.7 Å². The SMILES string of the molecule is COC[C@H](CNC(=O)O)OC. The first-order valence-electron chi connectivity index (χ1n) is 3.19. The highest BCUT2D eigenvalue weighted by Gasteiger charge is 2.06. The van der Waals surface area contributed by atoms with Crippen molar-refractivity contribution in [2.45, 2.75) is 6.10 Å². The molecule has 0 aromatic carbocycles. The lowest BCUT2D eigenvalue weighted by atomic mass is 10.4. The van der Waals surface area contributed by atoms with Crippen molar-refractivity contribution in [1.82, 2.24) is 5.32 Å². The molecule has 0 unspecified atom stereocenters. The van der Waals surface area contributed by atoms with E-state index in [0.717, 1.165) is 0 Å². The van der Waals surface area contributed by atoms with E-state index in [0.29, 0.717) is 6.61 Å². The first kappa shape index (κ1) is 10.2. The standard InChI is InChI=1S/C6H13NO4/c1-10-4-5(11-2)3-7-6(8)9/h5,7H,3-4H2,1-2H3,(H,8,9)/t5-/m0/s1. The van der Waals surface area contributed by atoms with Crippen molar-refractivity contribution in [3.63, 3.8) is 0 Å². The van der Waals surface area contributed by atoms with Crippen LogP contribution < -0.4 is 5.32 Å². The molecule has 0 aliphatic rings. The Hall–Kier alpha value is -0.810. The van der Waals surface area contributed by atoms with Crippen LogP contribution in [0.5, 0.6) is 0 Å². The summed E-state index contributed by atoms with van der Waals surface area (Å²) in [5.41, 5.74) is 0. The largest absolute Gasteiger partial charge is 0.465 e. The van der Waals surface area contributed by atoms with E-state index in [-0.39, 0.29) is 12.6 Å². The summed E-state index contributed by atoms with van der Waals surface area (Å²) in [5.74, 6) is 0. The van der Waals surface area contributed by atoms with Gasteiger partial charge in [-0.2, -0.15) is 0 Å². The molecule has 0 saturated carbocycles. The lowest BCUT2D eigenvalue weighted by Crippen LogP contribution is -2.34.